The first kappa shape index (κ1) is 12.5. The van der Waals surface area contributed by atoms with E-state index in [0.29, 0.717) is 0 Å². The maximum atomic E-state index is 9.48. The molecule has 0 aromatic rings. The predicted octanol–water partition coefficient (Wildman–Crippen LogP) is -1.84. The first-order valence-corrected chi connectivity index (χ1v) is 3.36. The lowest BCUT2D eigenvalue weighted by molar-refractivity contribution is -0.108. The van der Waals surface area contributed by atoms with Crippen molar-refractivity contribution in [2.45, 2.75) is 0 Å². The van der Waals surface area contributed by atoms with E-state index in [1.807, 2.05) is 0 Å². The van der Waals surface area contributed by atoms with Crippen LogP contribution >= 0.6 is 0 Å². The fraction of sp³-hybridized carbons (Fsp3) is 0. The topological polar surface area (TPSA) is 147 Å². The molecule has 3 amide bonds. The highest BCUT2D eigenvalue weighted by molar-refractivity contribution is 7.79. The van der Waals surface area contributed by atoms with Crippen molar-refractivity contribution in [3.05, 3.63) is 0 Å². The largest absolute Gasteiger partial charge is 0.394 e. The highest BCUT2D eigenvalue weighted by Crippen LogP contribution is 1.59. The van der Waals surface area contributed by atoms with Gasteiger partial charge in [0, 0.05) is 0 Å². The van der Waals surface area contributed by atoms with Gasteiger partial charge in [-0.05, 0) is 0 Å². The number of hydrogen-bond donors (Lipinski definition) is 4. The highest BCUT2D eigenvalue weighted by atomic mass is 32.3. The quantitative estimate of drug-likeness (QED) is 0.279. The third kappa shape index (κ3) is 125. The van der Waals surface area contributed by atoms with Gasteiger partial charge in [0.15, 0.2) is 0 Å². The van der Waals surface area contributed by atoms with Crippen molar-refractivity contribution in [2.75, 3.05) is 0 Å². The van der Waals surface area contributed by atoms with Crippen LogP contribution < -0.4 is 11.1 Å². The lowest BCUT2D eigenvalue weighted by Crippen LogP contribution is -2.27. The van der Waals surface area contributed by atoms with E-state index in [4.69, 9.17) is 17.5 Å². The Bertz CT molecular complexity index is 211. The predicted molar refractivity (Wildman–Crippen MR) is 33.0 cm³/mol. The monoisotopic (exact) mass is 186 g/mol. The van der Waals surface area contributed by atoms with Crippen molar-refractivity contribution in [2.24, 2.45) is 5.73 Å². The molecule has 0 atom stereocenters. The van der Waals surface area contributed by atoms with Gasteiger partial charge in [-0.25, -0.2) is 4.79 Å². The molecule has 0 aliphatic carbocycles. The molecule has 0 aliphatic rings. The number of carbonyl (C=O) groups excluding carboxylic acids is 2. The zero-order chi connectivity index (χ0) is 9.49. The standard InChI is InChI=1S/C2H4N2O2.H2O4S/c3-2(6)4-1-5;1-5(2,3)4/h1H,(H3,3,4,5,6);(H2,1,2,3,4). The lowest BCUT2D eigenvalue weighted by atomic mass is 11.0. The van der Waals surface area contributed by atoms with Crippen LogP contribution in [0.25, 0.3) is 0 Å². The Balaban J connectivity index is 0. The van der Waals surface area contributed by atoms with E-state index >= 15 is 0 Å². The SMILES string of the molecule is NC(=O)NC=O.O=S(=O)(O)O. The minimum Gasteiger partial charge on any atom is -0.351 e. The van der Waals surface area contributed by atoms with Crippen molar-refractivity contribution in [1.82, 2.24) is 5.32 Å². The molecule has 0 aliphatic heterocycles. The van der Waals surface area contributed by atoms with Gasteiger partial charge in [-0.1, -0.05) is 0 Å². The second-order valence-corrected chi connectivity index (χ2v) is 1.97. The Morgan fingerprint density at radius 1 is 1.45 bits per heavy atom. The Morgan fingerprint density at radius 2 is 1.73 bits per heavy atom. The van der Waals surface area contributed by atoms with Crippen LogP contribution in [0.5, 0.6) is 0 Å². The van der Waals surface area contributed by atoms with E-state index in [9.17, 15) is 9.59 Å². The molecule has 5 N–H and O–H groups in total. The molecule has 0 saturated carbocycles. The van der Waals surface area contributed by atoms with Crippen molar-refractivity contribution in [1.29, 1.82) is 0 Å². The average Bonchev–Trinajstić information content (AvgIpc) is 1.58. The van der Waals surface area contributed by atoms with E-state index in [0.717, 1.165) is 0 Å². The van der Waals surface area contributed by atoms with Gasteiger partial charge in [0.2, 0.25) is 6.41 Å². The van der Waals surface area contributed by atoms with Gasteiger partial charge >= 0.3 is 16.4 Å². The third-order valence-corrected chi connectivity index (χ3v) is 0.201. The number of hydrogen-bond acceptors (Lipinski definition) is 4. The number of carbonyl (C=O) groups is 2. The van der Waals surface area contributed by atoms with Crippen molar-refractivity contribution in [3.8, 4) is 0 Å². The van der Waals surface area contributed by atoms with Crippen LogP contribution in [0.3, 0.4) is 0 Å². The number of rotatable bonds is 1. The Kier molecular flexibility index (Phi) is 6.34. The molecule has 0 saturated heterocycles. The number of nitrogens with one attached hydrogen (secondary N) is 1. The summed E-state index contributed by atoms with van der Waals surface area (Å²) in [7, 11) is -4.67. The van der Waals surface area contributed by atoms with Gasteiger partial charge < -0.3 is 5.73 Å². The summed E-state index contributed by atoms with van der Waals surface area (Å²) in [4.78, 5) is 18.7. The second-order valence-electron chi connectivity index (χ2n) is 1.07. The van der Waals surface area contributed by atoms with Gasteiger partial charge in [-0.15, -0.1) is 0 Å². The number of amides is 3. The fourth-order valence-corrected chi connectivity index (χ4v) is 0.0581. The van der Waals surface area contributed by atoms with Gasteiger partial charge in [-0.2, -0.15) is 8.42 Å². The highest BCUT2D eigenvalue weighted by Gasteiger charge is 1.84. The summed E-state index contributed by atoms with van der Waals surface area (Å²) in [6.07, 6.45) is 0.225. The van der Waals surface area contributed by atoms with Crippen LogP contribution in [0, 0.1) is 0 Å². The van der Waals surface area contributed by atoms with Gasteiger partial charge in [-0.3, -0.25) is 19.2 Å². The maximum absolute atomic E-state index is 9.48. The van der Waals surface area contributed by atoms with Crippen molar-refractivity contribution in [3.63, 3.8) is 0 Å². The molecule has 0 aromatic heterocycles. The number of nitrogens with two attached hydrogens (primary N) is 1. The molecule has 66 valence electrons. The number of imide groups is 1. The van der Waals surface area contributed by atoms with Crippen LogP contribution in [-0.2, 0) is 15.2 Å². The summed E-state index contributed by atoms with van der Waals surface area (Å²) in [6, 6.07) is -0.829. The average molecular weight is 186 g/mol. The van der Waals surface area contributed by atoms with Crippen molar-refractivity contribution < 1.29 is 27.1 Å². The van der Waals surface area contributed by atoms with Gasteiger partial charge in [0.05, 0.1) is 0 Å². The molecule has 0 heterocycles. The van der Waals surface area contributed by atoms with E-state index in [1.165, 1.54) is 0 Å². The lowest BCUT2D eigenvalue weighted by Gasteiger charge is -1.79. The minimum atomic E-state index is -4.67. The number of urea groups is 1. The van der Waals surface area contributed by atoms with Gasteiger partial charge in [0.1, 0.15) is 0 Å². The Labute approximate surface area is 62.0 Å². The third-order valence-electron chi connectivity index (χ3n) is 0.201. The second kappa shape index (κ2) is 5.58. The minimum absolute atomic E-state index is 0.225. The van der Waals surface area contributed by atoms with Crippen LogP contribution in [0.2, 0.25) is 0 Å². The molecule has 0 rings (SSSR count). The van der Waals surface area contributed by atoms with E-state index in [-0.39, 0.29) is 6.41 Å². The molecule has 0 spiro atoms. The Hall–Kier alpha value is -1.19. The summed E-state index contributed by atoms with van der Waals surface area (Å²) in [5.41, 5.74) is 4.42. The molecule has 11 heavy (non-hydrogen) atoms. The molecule has 8 nitrogen and oxygen atoms in total. The Morgan fingerprint density at radius 3 is 1.73 bits per heavy atom. The maximum Gasteiger partial charge on any atom is 0.394 e. The fourth-order valence-electron chi connectivity index (χ4n) is 0.0581. The first-order chi connectivity index (χ1) is 4.77. The molecular weight excluding hydrogens is 180 g/mol. The molecular formula is C2H6N2O6S. The smallest absolute Gasteiger partial charge is 0.351 e. The van der Waals surface area contributed by atoms with E-state index < -0.39 is 16.4 Å². The van der Waals surface area contributed by atoms with Crippen molar-refractivity contribution >= 4 is 22.8 Å². The van der Waals surface area contributed by atoms with E-state index in [1.54, 1.807) is 5.32 Å². The van der Waals surface area contributed by atoms with Crippen LogP contribution in [0.1, 0.15) is 0 Å². The van der Waals surface area contributed by atoms with Crippen LogP contribution in [0.15, 0.2) is 0 Å². The normalized spacial score (nSPS) is 8.91. The van der Waals surface area contributed by atoms with E-state index in [2.05, 4.69) is 5.73 Å². The molecule has 0 fully saturated rings. The number of primary amides is 1. The van der Waals surface area contributed by atoms with Crippen LogP contribution in [-0.4, -0.2) is 30.0 Å². The molecule has 0 bridgehead atoms. The summed E-state index contributed by atoms with van der Waals surface area (Å²) in [6.45, 7) is 0. The molecule has 0 radical (unpaired) electrons. The van der Waals surface area contributed by atoms with Gasteiger partial charge in [0.25, 0.3) is 0 Å². The molecule has 9 heteroatoms. The molecule has 0 unspecified atom stereocenters. The zero-order valence-electron chi connectivity index (χ0n) is 5.09. The molecule has 0 aromatic carbocycles. The summed E-state index contributed by atoms with van der Waals surface area (Å²) < 4.78 is 31.6. The zero-order valence-corrected chi connectivity index (χ0v) is 5.91. The first-order valence-electron chi connectivity index (χ1n) is 1.97. The summed E-state index contributed by atoms with van der Waals surface area (Å²) >= 11 is 0. The summed E-state index contributed by atoms with van der Waals surface area (Å²) in [5, 5.41) is 1.67. The van der Waals surface area contributed by atoms with Crippen LogP contribution in [0.4, 0.5) is 4.79 Å². The summed E-state index contributed by atoms with van der Waals surface area (Å²) in [5.74, 6) is 0.